The average Bonchev–Trinajstić information content (AvgIpc) is 4.17. The molecule has 0 spiro atoms. The number of hydrogen-bond acceptors (Lipinski definition) is 17. The number of anilines is 4. The number of nitrogen functional groups attached to an aromatic ring is 2. The number of benzene rings is 5. The van der Waals surface area contributed by atoms with Gasteiger partial charge < -0.3 is 55.3 Å². The van der Waals surface area contributed by atoms with E-state index in [1.54, 1.807) is 35.3 Å². The second kappa shape index (κ2) is 25.0. The molecule has 0 unspecified atom stereocenters. The first-order valence-electron chi connectivity index (χ1n) is 24.2. The third kappa shape index (κ3) is 15.6. The van der Waals surface area contributed by atoms with Gasteiger partial charge in [0.05, 0.1) is 16.3 Å². The van der Waals surface area contributed by atoms with Gasteiger partial charge in [-0.05, 0) is 124 Å². The van der Waals surface area contributed by atoms with E-state index in [2.05, 4.69) is 54.3 Å². The number of halogens is 5. The van der Waals surface area contributed by atoms with Crippen molar-refractivity contribution < 1.29 is 65.2 Å². The number of hydrogen-bond donors (Lipinski definition) is 4. The number of ether oxygens (including phenoxy) is 7. The summed E-state index contributed by atoms with van der Waals surface area (Å²) in [6, 6.07) is 27.5. The number of nitrogens with one attached hydrogen (secondary N) is 2. The number of carbonyl (C=O) groups excluding carboxylic acids is 2. The molecule has 2 amide bonds. The van der Waals surface area contributed by atoms with Crippen molar-refractivity contribution in [1.29, 1.82) is 0 Å². The lowest BCUT2D eigenvalue weighted by Crippen LogP contribution is -2.39. The fourth-order valence-corrected chi connectivity index (χ4v) is 7.97. The van der Waals surface area contributed by atoms with Crippen LogP contribution in [0.25, 0.3) is 22.5 Å². The van der Waals surface area contributed by atoms with E-state index in [0.29, 0.717) is 30.3 Å². The number of fused-ring (bicyclic) bond motifs is 2. The van der Waals surface area contributed by atoms with Crippen molar-refractivity contribution in [2.24, 2.45) is 14.1 Å². The van der Waals surface area contributed by atoms with E-state index in [4.69, 9.17) is 32.5 Å². The van der Waals surface area contributed by atoms with E-state index in [0.717, 1.165) is 60.1 Å². The number of amides is 2. The van der Waals surface area contributed by atoms with Crippen LogP contribution in [0.5, 0.6) is 40.2 Å². The van der Waals surface area contributed by atoms with Crippen molar-refractivity contribution in [1.82, 2.24) is 29.4 Å². The normalized spacial score (nSPS) is 15.0. The van der Waals surface area contributed by atoms with Gasteiger partial charge in [0.1, 0.15) is 30.5 Å². The third-order valence-electron chi connectivity index (χ3n) is 12.0. The van der Waals surface area contributed by atoms with Crippen molar-refractivity contribution >= 4 is 51.5 Å². The molecule has 416 valence electrons. The Morgan fingerprint density at radius 3 is 1.59 bits per heavy atom. The van der Waals surface area contributed by atoms with Gasteiger partial charge in [-0.3, -0.25) is 29.3 Å². The Hall–Kier alpha value is -9.01. The summed E-state index contributed by atoms with van der Waals surface area (Å²) in [5, 5.41) is 24.0. The lowest BCUT2D eigenvalue weighted by molar-refractivity contribution is -0.384. The summed E-state index contributed by atoms with van der Waals surface area (Å²) >= 11 is 4.92. The number of carbonyl (C=O) groups is 2. The van der Waals surface area contributed by atoms with Gasteiger partial charge in [-0.1, -0.05) is 0 Å². The number of likely N-dealkylation sites (tertiary alicyclic amines) is 2. The molecule has 27 heteroatoms. The van der Waals surface area contributed by atoms with E-state index in [-0.39, 0.29) is 40.1 Å². The number of nitrogens with two attached hydrogens (primary N) is 2. The number of nitro groups is 1. The second-order valence-corrected chi connectivity index (χ2v) is 17.9. The summed E-state index contributed by atoms with van der Waals surface area (Å²) in [6.07, 6.45) is -1.28. The highest BCUT2D eigenvalue weighted by Crippen LogP contribution is 2.43. The molecule has 6 N–H and O–H groups in total. The van der Waals surface area contributed by atoms with Crippen LogP contribution in [0.15, 0.2) is 122 Å². The van der Waals surface area contributed by atoms with Crippen LogP contribution in [0.2, 0.25) is 0 Å². The van der Waals surface area contributed by atoms with Gasteiger partial charge in [0, 0.05) is 109 Å². The Bertz CT molecular complexity index is 3270. The van der Waals surface area contributed by atoms with Crippen LogP contribution in [-0.2, 0) is 14.1 Å². The molecule has 5 aromatic carbocycles. The zero-order chi connectivity index (χ0) is 56.3. The molecular formula is C52H52ClF4N11O11. The van der Waals surface area contributed by atoms with Gasteiger partial charge in [0.15, 0.2) is 23.0 Å². The minimum atomic E-state index is -3.72. The molecule has 11 rings (SSSR count). The number of nitro benzene ring substituents is 1. The lowest BCUT2D eigenvalue weighted by atomic mass is 10.1. The maximum Gasteiger partial charge on any atom is 0.586 e. The zero-order valence-corrected chi connectivity index (χ0v) is 43.0. The smallest absolute Gasteiger partial charge is 0.492 e. The first-order valence-corrected chi connectivity index (χ1v) is 24.6. The van der Waals surface area contributed by atoms with Crippen molar-refractivity contribution in [2.45, 2.75) is 25.4 Å². The monoisotopic (exact) mass is 1120 g/mol. The molecule has 4 aliphatic heterocycles. The molecule has 2 aromatic heterocycles. The second-order valence-electron chi connectivity index (χ2n) is 17.6. The molecule has 79 heavy (non-hydrogen) atoms. The van der Waals surface area contributed by atoms with Gasteiger partial charge in [-0.25, -0.2) is 9.59 Å². The maximum absolute atomic E-state index is 13.2. The van der Waals surface area contributed by atoms with Crippen LogP contribution in [0.3, 0.4) is 0 Å². The average molecular weight is 1120 g/mol. The minimum Gasteiger partial charge on any atom is -0.492 e. The molecule has 0 saturated carbocycles. The van der Waals surface area contributed by atoms with Crippen molar-refractivity contribution in [3.05, 3.63) is 132 Å². The number of non-ortho nitro benzene ring substituents is 1. The lowest BCUT2D eigenvalue weighted by Gasteiger charge is -2.30. The molecule has 2 saturated heterocycles. The SMILES string of the molecule is Cn1nccc1-c1cc(N)ccc1OCCN1CCC1.Cn1nccc1-c1cc(NC(=O)Nc2ccc3c(c2)OC(F)(F)O3)ccc1OCCN1CCC1.Nc1ccc2c(c1)OC(F)(F)O2.O=C(Cl)Oc1ccc([N+](=O)[O-])cc1. The van der Waals surface area contributed by atoms with Crippen molar-refractivity contribution in [2.75, 3.05) is 74.6 Å². The molecule has 22 nitrogen and oxygen atoms in total. The molecule has 6 heterocycles. The summed E-state index contributed by atoms with van der Waals surface area (Å²) in [5.74, 6) is 1.46. The number of rotatable bonds is 14. The van der Waals surface area contributed by atoms with E-state index < -0.39 is 29.0 Å². The van der Waals surface area contributed by atoms with Gasteiger partial charge in [0.2, 0.25) is 0 Å². The van der Waals surface area contributed by atoms with Crippen LogP contribution in [0.1, 0.15) is 12.8 Å². The summed E-state index contributed by atoms with van der Waals surface area (Å²) in [4.78, 5) is 37.2. The highest BCUT2D eigenvalue weighted by molar-refractivity contribution is 6.61. The predicted octanol–water partition coefficient (Wildman–Crippen LogP) is 9.81. The Labute approximate surface area is 453 Å². The van der Waals surface area contributed by atoms with Gasteiger partial charge >= 0.3 is 24.0 Å². The fourth-order valence-electron chi connectivity index (χ4n) is 7.88. The summed E-state index contributed by atoms with van der Waals surface area (Å²) in [6.45, 7) is 7.68. The van der Waals surface area contributed by atoms with Crippen molar-refractivity contribution in [3.63, 3.8) is 0 Å². The first-order chi connectivity index (χ1) is 37.8. The fraction of sp³-hybridized carbons (Fsp3) is 0.269. The molecule has 0 aliphatic carbocycles. The molecule has 4 aliphatic rings. The number of aromatic nitrogens is 4. The van der Waals surface area contributed by atoms with E-state index in [1.807, 2.05) is 49.1 Å². The Balaban J connectivity index is 0.000000154. The quantitative estimate of drug-likeness (QED) is 0.0260. The molecular weight excluding hydrogens is 1070 g/mol. The van der Waals surface area contributed by atoms with Crippen LogP contribution in [-0.4, -0.2) is 111 Å². The van der Waals surface area contributed by atoms with E-state index >= 15 is 0 Å². The summed E-state index contributed by atoms with van der Waals surface area (Å²) in [7, 11) is 3.75. The topological polar surface area (TPSA) is 260 Å². The molecule has 7 aromatic rings. The van der Waals surface area contributed by atoms with Crippen LogP contribution >= 0.6 is 11.6 Å². The standard InChI is InChI=1S/C23H23F2N5O4.C15H20N4O.C7H4ClNO4.C7H5F2NO2/c1-29-18(7-8-26-29)17-13-15(3-5-19(17)32-12-11-30-9-2-10-30)27-22(31)28-16-4-6-20-21(14-16)34-23(24,25)33-20;1-18-14(5-6-17-18)13-11-12(16)3-4-15(13)20-10-9-19-7-2-8-19;8-7(10)13-6-3-1-5(2-4-6)9(11)12;8-7(9)11-5-2-1-4(10)3-6(5)12-7/h3-8,13-14H,2,9-12H2,1H3,(H2,27,28,31);3-6,11H,2,7-10,16H2,1H3;1-4H;1-3H,10H2. The highest BCUT2D eigenvalue weighted by atomic mass is 35.5. The summed E-state index contributed by atoms with van der Waals surface area (Å²) in [5.41, 5.74) is 15.7. The molecule has 0 radical (unpaired) electrons. The van der Waals surface area contributed by atoms with Crippen LogP contribution in [0, 0.1) is 10.1 Å². The van der Waals surface area contributed by atoms with Crippen LogP contribution < -0.4 is 55.3 Å². The number of aryl methyl sites for hydroxylation is 2. The highest BCUT2D eigenvalue weighted by Gasteiger charge is 2.44. The first kappa shape index (κ1) is 56.2. The van der Waals surface area contributed by atoms with E-state index in [1.165, 1.54) is 86.6 Å². The maximum atomic E-state index is 13.2. The number of nitrogens with zero attached hydrogens (tertiary/aromatic N) is 7. The predicted molar refractivity (Wildman–Crippen MR) is 282 cm³/mol. The zero-order valence-electron chi connectivity index (χ0n) is 42.3. The Kier molecular flexibility index (Phi) is 17.8. The molecule has 0 bridgehead atoms. The van der Waals surface area contributed by atoms with Gasteiger partial charge in [0.25, 0.3) is 5.69 Å². The third-order valence-corrected chi connectivity index (χ3v) is 12.1. The Morgan fingerprint density at radius 2 is 1.10 bits per heavy atom. The number of alkyl halides is 4. The minimum absolute atomic E-state index is 0.00852. The summed E-state index contributed by atoms with van der Waals surface area (Å²) < 4.78 is 88.2. The number of urea groups is 1. The molecule has 0 atom stereocenters. The van der Waals surface area contributed by atoms with E-state index in [9.17, 15) is 37.3 Å². The van der Waals surface area contributed by atoms with Crippen molar-refractivity contribution in [3.8, 4) is 62.8 Å². The van der Waals surface area contributed by atoms with Crippen LogP contribution in [0.4, 0.5) is 55.6 Å². The molecule has 2 fully saturated rings. The van der Waals surface area contributed by atoms with Gasteiger partial charge in [-0.2, -0.15) is 10.2 Å². The largest absolute Gasteiger partial charge is 0.586 e. The van der Waals surface area contributed by atoms with Gasteiger partial charge in [-0.15, -0.1) is 17.6 Å². The Morgan fingerprint density at radius 1 is 0.646 bits per heavy atom.